The second-order valence-corrected chi connectivity index (χ2v) is 5.14. The zero-order valence-corrected chi connectivity index (χ0v) is 12.3. The van der Waals surface area contributed by atoms with Crippen molar-refractivity contribution < 1.29 is 4.74 Å². The second kappa shape index (κ2) is 5.83. The zero-order valence-electron chi connectivity index (χ0n) is 12.3. The van der Waals surface area contributed by atoms with Gasteiger partial charge in [-0.05, 0) is 37.1 Å². The normalized spacial score (nSPS) is 10.6. The summed E-state index contributed by atoms with van der Waals surface area (Å²) in [4.78, 5) is 0. The molecule has 106 valence electrons. The van der Waals surface area contributed by atoms with E-state index in [1.807, 2.05) is 53.5 Å². The number of aryl methyl sites for hydroxylation is 2. The van der Waals surface area contributed by atoms with Gasteiger partial charge in [0.25, 0.3) is 0 Å². The Hall–Kier alpha value is -2.55. The Balaban J connectivity index is 1.74. The van der Waals surface area contributed by atoms with E-state index in [-0.39, 0.29) is 0 Å². The molecule has 1 heterocycles. The number of hydrogen-bond acceptors (Lipinski definition) is 2. The fourth-order valence-corrected chi connectivity index (χ4v) is 2.34. The van der Waals surface area contributed by atoms with E-state index >= 15 is 0 Å². The molecular formula is C18H18N2O. The lowest BCUT2D eigenvalue weighted by molar-refractivity contribution is 0.302. The Kier molecular flexibility index (Phi) is 3.73. The van der Waals surface area contributed by atoms with Crippen molar-refractivity contribution in [2.75, 3.05) is 0 Å². The smallest absolute Gasteiger partial charge is 0.125 e. The fourth-order valence-electron chi connectivity index (χ4n) is 2.34. The first-order valence-electron chi connectivity index (χ1n) is 7.02. The molecule has 3 aromatic rings. The van der Waals surface area contributed by atoms with Crippen molar-refractivity contribution >= 4 is 0 Å². The van der Waals surface area contributed by atoms with Gasteiger partial charge in [0.05, 0.1) is 11.9 Å². The summed E-state index contributed by atoms with van der Waals surface area (Å²) in [5.41, 5.74) is 4.42. The van der Waals surface area contributed by atoms with Crippen LogP contribution in [0, 0.1) is 13.8 Å². The lowest BCUT2D eigenvalue weighted by atomic mass is 10.1. The maximum Gasteiger partial charge on any atom is 0.125 e. The molecule has 0 atom stereocenters. The Morgan fingerprint density at radius 2 is 1.67 bits per heavy atom. The van der Waals surface area contributed by atoms with Gasteiger partial charge in [-0.15, -0.1) is 0 Å². The predicted molar refractivity (Wildman–Crippen MR) is 83.8 cm³/mol. The summed E-state index contributed by atoms with van der Waals surface area (Å²) in [7, 11) is 0. The van der Waals surface area contributed by atoms with E-state index in [9.17, 15) is 0 Å². The van der Waals surface area contributed by atoms with E-state index in [2.05, 4.69) is 31.1 Å². The average molecular weight is 278 g/mol. The third kappa shape index (κ3) is 2.97. The van der Waals surface area contributed by atoms with Crippen LogP contribution in [-0.4, -0.2) is 9.78 Å². The number of hydrogen-bond donors (Lipinski definition) is 0. The number of ether oxygens (including phenoxy) is 1. The molecule has 0 saturated carbocycles. The Morgan fingerprint density at radius 1 is 0.952 bits per heavy atom. The molecule has 0 radical (unpaired) electrons. The number of benzene rings is 2. The molecule has 0 unspecified atom stereocenters. The van der Waals surface area contributed by atoms with E-state index in [0.29, 0.717) is 6.61 Å². The molecule has 0 spiro atoms. The molecular weight excluding hydrogens is 260 g/mol. The van der Waals surface area contributed by atoms with Crippen LogP contribution in [0.4, 0.5) is 0 Å². The van der Waals surface area contributed by atoms with Crippen LogP contribution in [0.15, 0.2) is 60.9 Å². The summed E-state index contributed by atoms with van der Waals surface area (Å²) in [6.45, 7) is 4.66. The standard InChI is InChI=1S/C18H18N2O/c1-14-7-6-8-15(2)18(14)21-13-16-11-19-20(12-16)17-9-4-3-5-10-17/h3-12H,13H2,1-2H3. The minimum Gasteiger partial charge on any atom is -0.488 e. The first-order valence-corrected chi connectivity index (χ1v) is 7.02. The number of nitrogens with zero attached hydrogens (tertiary/aromatic N) is 2. The number of rotatable bonds is 4. The van der Waals surface area contributed by atoms with E-state index in [1.165, 1.54) is 0 Å². The molecule has 0 amide bonds. The largest absolute Gasteiger partial charge is 0.488 e. The highest BCUT2D eigenvalue weighted by molar-refractivity contribution is 5.40. The molecule has 3 heteroatoms. The van der Waals surface area contributed by atoms with Crippen molar-refractivity contribution in [3.63, 3.8) is 0 Å². The van der Waals surface area contributed by atoms with Gasteiger partial charge in [-0.3, -0.25) is 0 Å². The van der Waals surface area contributed by atoms with Crippen molar-refractivity contribution in [3.8, 4) is 11.4 Å². The average Bonchev–Trinajstić information content (AvgIpc) is 2.97. The van der Waals surface area contributed by atoms with Gasteiger partial charge in [-0.2, -0.15) is 5.10 Å². The molecule has 0 N–H and O–H groups in total. The van der Waals surface area contributed by atoms with Crippen LogP contribution in [0.2, 0.25) is 0 Å². The molecule has 3 nitrogen and oxygen atoms in total. The zero-order chi connectivity index (χ0) is 14.7. The van der Waals surface area contributed by atoms with Crippen LogP contribution >= 0.6 is 0 Å². The quantitative estimate of drug-likeness (QED) is 0.719. The van der Waals surface area contributed by atoms with Crippen molar-refractivity contribution in [2.24, 2.45) is 0 Å². The molecule has 0 bridgehead atoms. The van der Waals surface area contributed by atoms with Gasteiger partial charge >= 0.3 is 0 Å². The van der Waals surface area contributed by atoms with Crippen LogP contribution in [0.3, 0.4) is 0 Å². The maximum absolute atomic E-state index is 5.95. The summed E-state index contributed by atoms with van der Waals surface area (Å²) in [5.74, 6) is 0.963. The SMILES string of the molecule is Cc1cccc(C)c1OCc1cnn(-c2ccccc2)c1. The highest BCUT2D eigenvalue weighted by Gasteiger charge is 2.05. The molecule has 0 aliphatic heterocycles. The predicted octanol–water partition coefficient (Wildman–Crippen LogP) is 4.07. The van der Waals surface area contributed by atoms with Crippen molar-refractivity contribution in [1.82, 2.24) is 9.78 Å². The maximum atomic E-state index is 5.95. The van der Waals surface area contributed by atoms with Crippen LogP contribution < -0.4 is 4.74 Å². The first kappa shape index (κ1) is 13.4. The van der Waals surface area contributed by atoms with Gasteiger partial charge in [0.15, 0.2) is 0 Å². The summed E-state index contributed by atoms with van der Waals surface area (Å²) < 4.78 is 7.81. The topological polar surface area (TPSA) is 27.1 Å². The lowest BCUT2D eigenvalue weighted by Gasteiger charge is -2.10. The summed E-state index contributed by atoms with van der Waals surface area (Å²) in [5, 5.41) is 4.38. The monoisotopic (exact) mass is 278 g/mol. The molecule has 2 aromatic carbocycles. The minimum absolute atomic E-state index is 0.526. The molecule has 1 aromatic heterocycles. The van der Waals surface area contributed by atoms with Gasteiger partial charge < -0.3 is 4.74 Å². The molecule has 3 rings (SSSR count). The van der Waals surface area contributed by atoms with Crippen molar-refractivity contribution in [1.29, 1.82) is 0 Å². The molecule has 21 heavy (non-hydrogen) atoms. The second-order valence-electron chi connectivity index (χ2n) is 5.14. The van der Waals surface area contributed by atoms with Gasteiger partial charge in [-0.1, -0.05) is 36.4 Å². The van der Waals surface area contributed by atoms with E-state index in [1.54, 1.807) is 0 Å². The fraction of sp³-hybridized carbons (Fsp3) is 0.167. The highest BCUT2D eigenvalue weighted by atomic mass is 16.5. The number of aromatic nitrogens is 2. The van der Waals surface area contributed by atoms with Gasteiger partial charge in [0.1, 0.15) is 12.4 Å². The summed E-state index contributed by atoms with van der Waals surface area (Å²) in [6.07, 6.45) is 3.85. The van der Waals surface area contributed by atoms with Crippen molar-refractivity contribution in [3.05, 3.63) is 77.6 Å². The number of para-hydroxylation sites is 2. The van der Waals surface area contributed by atoms with Gasteiger partial charge in [-0.25, -0.2) is 4.68 Å². The van der Waals surface area contributed by atoms with Gasteiger partial charge in [0, 0.05) is 11.8 Å². The molecule has 0 fully saturated rings. The van der Waals surface area contributed by atoms with E-state index < -0.39 is 0 Å². The van der Waals surface area contributed by atoms with E-state index in [0.717, 1.165) is 28.1 Å². The summed E-state index contributed by atoms with van der Waals surface area (Å²) >= 11 is 0. The summed E-state index contributed by atoms with van der Waals surface area (Å²) in [6, 6.07) is 16.2. The molecule has 0 aliphatic rings. The van der Waals surface area contributed by atoms with Crippen LogP contribution in [0.1, 0.15) is 16.7 Å². The Bertz CT molecular complexity index is 712. The van der Waals surface area contributed by atoms with Crippen LogP contribution in [0.5, 0.6) is 5.75 Å². The van der Waals surface area contributed by atoms with Crippen molar-refractivity contribution in [2.45, 2.75) is 20.5 Å². The minimum atomic E-state index is 0.526. The molecule has 0 aliphatic carbocycles. The Morgan fingerprint density at radius 3 is 2.38 bits per heavy atom. The van der Waals surface area contributed by atoms with Crippen LogP contribution in [-0.2, 0) is 6.61 Å². The third-order valence-corrected chi connectivity index (χ3v) is 3.45. The van der Waals surface area contributed by atoms with E-state index in [4.69, 9.17) is 4.74 Å². The first-order chi connectivity index (χ1) is 10.2. The van der Waals surface area contributed by atoms with Gasteiger partial charge in [0.2, 0.25) is 0 Å². The molecule has 0 saturated heterocycles. The highest BCUT2D eigenvalue weighted by Crippen LogP contribution is 2.23. The lowest BCUT2D eigenvalue weighted by Crippen LogP contribution is -1.98. The van der Waals surface area contributed by atoms with Crippen LogP contribution in [0.25, 0.3) is 5.69 Å². The Labute approximate surface area is 124 Å². The third-order valence-electron chi connectivity index (χ3n) is 3.45.